The van der Waals surface area contributed by atoms with Gasteiger partial charge in [0.25, 0.3) is 0 Å². The molecule has 0 radical (unpaired) electrons. The molecule has 218 valence electrons. The summed E-state index contributed by atoms with van der Waals surface area (Å²) in [6.07, 6.45) is 12.7. The highest BCUT2D eigenvalue weighted by atomic mass is 15.1. The smallest absolute Gasteiger partial charge is 0.161 e. The van der Waals surface area contributed by atoms with Crippen LogP contribution in [0.2, 0.25) is 0 Å². The third kappa shape index (κ3) is 3.88. The highest BCUT2D eigenvalue weighted by Gasteiger charge is 2.40. The van der Waals surface area contributed by atoms with Crippen molar-refractivity contribution >= 4 is 50.2 Å². The van der Waals surface area contributed by atoms with Gasteiger partial charge in [-0.2, -0.15) is 0 Å². The number of fused-ring (bicyclic) bond motifs is 8. The number of para-hydroxylation sites is 1. The van der Waals surface area contributed by atoms with Gasteiger partial charge in [0.15, 0.2) is 5.82 Å². The van der Waals surface area contributed by atoms with Gasteiger partial charge in [0.1, 0.15) is 11.6 Å². The summed E-state index contributed by atoms with van der Waals surface area (Å²) in [5.41, 5.74) is 8.83. The Balaban J connectivity index is 1.31. The number of nitrogens with zero attached hydrogens (tertiary/aromatic N) is 4. The van der Waals surface area contributed by atoms with E-state index in [-0.39, 0.29) is 17.3 Å². The lowest BCUT2D eigenvalue weighted by molar-refractivity contribution is 0.642. The molecule has 2 aliphatic carbocycles. The molecule has 0 N–H and O–H groups in total. The number of aromatic nitrogens is 3. The molecule has 4 heteroatoms. The van der Waals surface area contributed by atoms with Gasteiger partial charge in [-0.3, -0.25) is 4.57 Å². The molecule has 0 amide bonds. The summed E-state index contributed by atoms with van der Waals surface area (Å²) >= 11 is 0. The summed E-state index contributed by atoms with van der Waals surface area (Å²) in [5, 5.41) is 4.93. The monoisotopic (exact) mass is 582 g/mol. The first-order chi connectivity index (χ1) is 22.0. The van der Waals surface area contributed by atoms with Gasteiger partial charge in [-0.15, -0.1) is 0 Å². The fourth-order valence-corrected chi connectivity index (χ4v) is 7.90. The Bertz CT molecular complexity index is 2330. The summed E-state index contributed by atoms with van der Waals surface area (Å²) in [7, 11) is 0. The number of allylic oxidation sites excluding steroid dienone is 6. The van der Waals surface area contributed by atoms with E-state index in [4.69, 9.17) is 15.0 Å². The molecule has 0 spiro atoms. The van der Waals surface area contributed by atoms with Crippen molar-refractivity contribution in [1.82, 2.24) is 14.5 Å². The van der Waals surface area contributed by atoms with Crippen molar-refractivity contribution in [3.63, 3.8) is 0 Å². The number of rotatable bonds is 2. The van der Waals surface area contributed by atoms with E-state index in [1.165, 1.54) is 43.8 Å². The normalized spacial score (nSPS) is 20.0. The fourth-order valence-electron chi connectivity index (χ4n) is 7.90. The molecule has 3 aliphatic rings. The minimum absolute atomic E-state index is 0.0572. The Morgan fingerprint density at radius 1 is 0.800 bits per heavy atom. The zero-order valence-corrected chi connectivity index (χ0v) is 25.8. The van der Waals surface area contributed by atoms with Gasteiger partial charge in [0.2, 0.25) is 0 Å². The van der Waals surface area contributed by atoms with Gasteiger partial charge in [-0.1, -0.05) is 106 Å². The lowest BCUT2D eigenvalue weighted by Gasteiger charge is -2.27. The zero-order valence-electron chi connectivity index (χ0n) is 25.8. The molecule has 4 nitrogen and oxygen atoms in total. The quantitative estimate of drug-likeness (QED) is 0.204. The van der Waals surface area contributed by atoms with Gasteiger partial charge in [0.05, 0.1) is 11.0 Å². The SMILES string of the molecule is CC1CC=CC=Nc2nc(C3C=C4C(=CC3)c3ccccc3C4(C)C)nc(-n3c4ccccc4c4cc5ccccc5cc43)c21. The van der Waals surface area contributed by atoms with Crippen LogP contribution in [0.4, 0.5) is 5.82 Å². The van der Waals surface area contributed by atoms with Crippen LogP contribution in [-0.2, 0) is 5.41 Å². The Morgan fingerprint density at radius 3 is 2.47 bits per heavy atom. The van der Waals surface area contributed by atoms with Crippen LogP contribution < -0.4 is 0 Å². The van der Waals surface area contributed by atoms with Gasteiger partial charge in [-0.05, 0) is 76.1 Å². The van der Waals surface area contributed by atoms with E-state index < -0.39 is 0 Å². The van der Waals surface area contributed by atoms with E-state index in [1.807, 2.05) is 12.3 Å². The topological polar surface area (TPSA) is 43.1 Å². The Labute approximate surface area is 263 Å². The molecule has 2 unspecified atom stereocenters. The van der Waals surface area contributed by atoms with Gasteiger partial charge < -0.3 is 0 Å². The first-order valence-electron chi connectivity index (χ1n) is 16.0. The van der Waals surface area contributed by atoms with E-state index >= 15 is 0 Å². The molecule has 9 rings (SSSR count). The highest BCUT2D eigenvalue weighted by Crippen LogP contribution is 2.53. The predicted octanol–water partition coefficient (Wildman–Crippen LogP) is 10.3. The summed E-state index contributed by atoms with van der Waals surface area (Å²) in [4.78, 5) is 15.7. The molecular weight excluding hydrogens is 548 g/mol. The van der Waals surface area contributed by atoms with E-state index in [9.17, 15) is 0 Å². The molecule has 1 aliphatic heterocycles. The second-order valence-electron chi connectivity index (χ2n) is 13.3. The molecule has 0 fully saturated rings. The van der Waals surface area contributed by atoms with Gasteiger partial charge in [0, 0.05) is 33.9 Å². The third-order valence-corrected chi connectivity index (χ3v) is 10.2. The van der Waals surface area contributed by atoms with Crippen LogP contribution in [0.25, 0.3) is 44.0 Å². The van der Waals surface area contributed by atoms with Crippen molar-refractivity contribution in [1.29, 1.82) is 0 Å². The molecule has 45 heavy (non-hydrogen) atoms. The average Bonchev–Trinajstić information content (AvgIpc) is 3.50. The molecule has 3 heterocycles. The van der Waals surface area contributed by atoms with Crippen molar-refractivity contribution in [3.8, 4) is 5.82 Å². The second kappa shape index (κ2) is 9.70. The van der Waals surface area contributed by atoms with Crippen LogP contribution in [0.1, 0.15) is 68.0 Å². The molecule has 4 aromatic carbocycles. The molecule has 2 aromatic heterocycles. The molecule has 0 bridgehead atoms. The number of hydrogen-bond acceptors (Lipinski definition) is 3. The van der Waals surface area contributed by atoms with Crippen LogP contribution in [0.5, 0.6) is 0 Å². The van der Waals surface area contributed by atoms with E-state index in [0.29, 0.717) is 0 Å². The standard InChI is InChI=1S/C41H34N4/c1-25-12-10-11-21-42-39-37(25)40(45-35-18-9-7-16-31(35)32-22-26-13-4-5-14-27(26)24-36(32)45)44-38(43-39)28-19-20-30-29-15-6-8-17-33(29)41(2,3)34(30)23-28/h4-11,13-18,20-25,28H,12,19H2,1-3H3. The van der Waals surface area contributed by atoms with Crippen molar-refractivity contribution in [2.75, 3.05) is 0 Å². The van der Waals surface area contributed by atoms with Gasteiger partial charge in [-0.25, -0.2) is 15.0 Å². The summed E-state index contributed by atoms with van der Waals surface area (Å²) < 4.78 is 2.38. The van der Waals surface area contributed by atoms with Crippen molar-refractivity contribution in [2.24, 2.45) is 4.99 Å². The Kier molecular flexibility index (Phi) is 5.68. The summed E-state index contributed by atoms with van der Waals surface area (Å²) in [5.74, 6) is 2.81. The molecule has 2 atom stereocenters. The van der Waals surface area contributed by atoms with Crippen molar-refractivity contribution in [2.45, 2.75) is 50.9 Å². The maximum atomic E-state index is 5.55. The molecule has 6 aromatic rings. The van der Waals surface area contributed by atoms with Crippen LogP contribution in [0.3, 0.4) is 0 Å². The van der Waals surface area contributed by atoms with Crippen molar-refractivity contribution in [3.05, 3.63) is 137 Å². The van der Waals surface area contributed by atoms with E-state index in [2.05, 4.69) is 128 Å². The second-order valence-corrected chi connectivity index (χ2v) is 13.3. The predicted molar refractivity (Wildman–Crippen MR) is 187 cm³/mol. The van der Waals surface area contributed by atoms with Crippen molar-refractivity contribution < 1.29 is 0 Å². The Hall–Kier alpha value is -5.09. The van der Waals surface area contributed by atoms with Crippen LogP contribution in [-0.4, -0.2) is 20.7 Å². The Morgan fingerprint density at radius 2 is 1.58 bits per heavy atom. The lowest BCUT2D eigenvalue weighted by Crippen LogP contribution is -2.18. The van der Waals surface area contributed by atoms with E-state index in [0.717, 1.165) is 46.9 Å². The fraction of sp³-hybridized carbons (Fsp3) is 0.195. The minimum atomic E-state index is -0.0706. The molecule has 0 saturated heterocycles. The third-order valence-electron chi connectivity index (χ3n) is 10.2. The lowest BCUT2D eigenvalue weighted by atomic mass is 9.78. The number of hydrogen-bond donors (Lipinski definition) is 0. The highest BCUT2D eigenvalue weighted by molar-refractivity contribution is 6.13. The number of benzene rings is 4. The minimum Gasteiger partial charge on any atom is -0.293 e. The maximum absolute atomic E-state index is 5.55. The zero-order chi connectivity index (χ0) is 30.3. The molecular formula is C41H34N4. The van der Waals surface area contributed by atoms with Crippen LogP contribution >= 0.6 is 0 Å². The van der Waals surface area contributed by atoms with Crippen LogP contribution in [0, 0.1) is 0 Å². The first-order valence-corrected chi connectivity index (χ1v) is 16.0. The van der Waals surface area contributed by atoms with Gasteiger partial charge >= 0.3 is 0 Å². The largest absolute Gasteiger partial charge is 0.293 e. The summed E-state index contributed by atoms with van der Waals surface area (Å²) in [6, 6.07) is 30.8. The molecule has 0 saturated carbocycles. The summed E-state index contributed by atoms with van der Waals surface area (Å²) in [6.45, 7) is 6.96. The first kappa shape index (κ1) is 26.3. The van der Waals surface area contributed by atoms with Crippen LogP contribution in [0.15, 0.2) is 120 Å². The van der Waals surface area contributed by atoms with E-state index in [1.54, 1.807) is 0 Å². The number of aliphatic imine (C=N–C) groups is 1. The average molecular weight is 583 g/mol. The maximum Gasteiger partial charge on any atom is 0.161 e.